The third-order valence-electron chi connectivity index (χ3n) is 5.93. The second-order valence-corrected chi connectivity index (χ2v) is 9.06. The molecule has 0 fully saturated rings. The Bertz CT molecular complexity index is 1310. The summed E-state index contributed by atoms with van der Waals surface area (Å²) < 4.78 is 0. The van der Waals surface area contributed by atoms with Crippen LogP contribution in [0.4, 0.5) is 5.69 Å². The number of halogens is 1. The first-order valence-corrected chi connectivity index (χ1v) is 11.3. The maximum atomic E-state index is 12.8. The minimum Gasteiger partial charge on any atom is -0.353 e. The highest BCUT2D eigenvalue weighted by Crippen LogP contribution is 2.25. The monoisotopic (exact) mass is 475 g/mol. The number of H-pyrrole nitrogens is 1. The van der Waals surface area contributed by atoms with Crippen LogP contribution < -0.4 is 16.4 Å². The lowest BCUT2D eigenvalue weighted by atomic mass is 9.83. The lowest BCUT2D eigenvalue weighted by Gasteiger charge is -2.25. The molecule has 2 aromatic heterocycles. The Kier molecular flexibility index (Phi) is 6.68. The van der Waals surface area contributed by atoms with E-state index in [4.69, 9.17) is 17.3 Å². The first-order valence-electron chi connectivity index (χ1n) is 10.9. The summed E-state index contributed by atoms with van der Waals surface area (Å²) in [6, 6.07) is 17.5. The molecule has 8 heteroatoms. The fraction of sp³-hybridized carbons (Fsp3) is 0.192. The Hall–Kier alpha value is -3.68. The summed E-state index contributed by atoms with van der Waals surface area (Å²) in [6.45, 7) is 3.98. The lowest BCUT2D eigenvalue weighted by Crippen LogP contribution is -2.42. The van der Waals surface area contributed by atoms with Crippen LogP contribution in [0.3, 0.4) is 0 Å². The fourth-order valence-electron chi connectivity index (χ4n) is 3.69. The average molecular weight is 476 g/mol. The van der Waals surface area contributed by atoms with Crippen molar-refractivity contribution in [2.75, 3.05) is 11.9 Å². The van der Waals surface area contributed by atoms with E-state index in [1.54, 1.807) is 54.9 Å². The van der Waals surface area contributed by atoms with Gasteiger partial charge >= 0.3 is 0 Å². The minimum atomic E-state index is -0.732. The van der Waals surface area contributed by atoms with Crippen LogP contribution in [0, 0.1) is 0 Å². The molecule has 4 rings (SSSR count). The van der Waals surface area contributed by atoms with E-state index in [-0.39, 0.29) is 18.4 Å². The Morgan fingerprint density at radius 1 is 1.06 bits per heavy atom. The van der Waals surface area contributed by atoms with Gasteiger partial charge in [0.15, 0.2) is 0 Å². The normalized spacial score (nSPS) is 12.4. The molecule has 4 aromatic rings. The van der Waals surface area contributed by atoms with Gasteiger partial charge in [0, 0.05) is 41.0 Å². The predicted molar refractivity (Wildman–Crippen MR) is 135 cm³/mol. The summed E-state index contributed by atoms with van der Waals surface area (Å²) in [5.74, 6) is -0.360. The lowest BCUT2D eigenvalue weighted by molar-refractivity contribution is -0.125. The van der Waals surface area contributed by atoms with E-state index in [0.717, 1.165) is 16.5 Å². The second kappa shape index (κ2) is 9.67. The minimum absolute atomic E-state index is 0.130. The number of nitrogens with two attached hydrogens (primary N) is 1. The number of anilines is 1. The molecule has 0 spiro atoms. The Morgan fingerprint density at radius 2 is 1.76 bits per heavy atom. The van der Waals surface area contributed by atoms with Gasteiger partial charge in [0.05, 0.1) is 11.1 Å². The number of amides is 2. The number of hydrogen-bond acceptors (Lipinski definition) is 4. The van der Waals surface area contributed by atoms with Crippen LogP contribution in [0.25, 0.3) is 11.0 Å². The van der Waals surface area contributed by atoms with Crippen molar-refractivity contribution in [3.8, 4) is 0 Å². The molecule has 0 saturated heterocycles. The number of aromatic amines is 1. The van der Waals surface area contributed by atoms with Crippen LogP contribution in [-0.2, 0) is 10.2 Å². The zero-order valence-electron chi connectivity index (χ0n) is 18.9. The van der Waals surface area contributed by atoms with E-state index in [9.17, 15) is 9.59 Å². The first-order chi connectivity index (χ1) is 16.3. The Labute approximate surface area is 202 Å². The summed E-state index contributed by atoms with van der Waals surface area (Å²) in [6.07, 6.45) is 3.41. The number of aromatic nitrogens is 2. The van der Waals surface area contributed by atoms with Gasteiger partial charge in [-0.2, -0.15) is 0 Å². The highest BCUT2D eigenvalue weighted by atomic mass is 35.5. The number of pyridine rings is 1. The number of benzene rings is 2. The van der Waals surface area contributed by atoms with Crippen molar-refractivity contribution < 1.29 is 9.59 Å². The van der Waals surface area contributed by atoms with Gasteiger partial charge in [-0.25, -0.2) is 4.98 Å². The quantitative estimate of drug-likeness (QED) is 0.313. The van der Waals surface area contributed by atoms with Crippen LogP contribution in [0.2, 0.25) is 5.02 Å². The van der Waals surface area contributed by atoms with Crippen molar-refractivity contribution in [1.82, 2.24) is 15.3 Å². The molecule has 34 heavy (non-hydrogen) atoms. The van der Waals surface area contributed by atoms with E-state index in [1.807, 2.05) is 32.0 Å². The summed E-state index contributed by atoms with van der Waals surface area (Å²) in [5.41, 5.74) is 9.15. The van der Waals surface area contributed by atoms with Gasteiger partial charge in [-0.05, 0) is 61.4 Å². The zero-order valence-corrected chi connectivity index (χ0v) is 19.7. The van der Waals surface area contributed by atoms with Crippen molar-refractivity contribution >= 4 is 40.1 Å². The average Bonchev–Trinajstić information content (AvgIpc) is 3.32. The Morgan fingerprint density at radius 3 is 2.47 bits per heavy atom. The molecule has 174 valence electrons. The van der Waals surface area contributed by atoms with Crippen LogP contribution in [-0.4, -0.2) is 28.3 Å². The summed E-state index contributed by atoms with van der Waals surface area (Å²) in [4.78, 5) is 32.8. The molecule has 0 bridgehead atoms. The first kappa shape index (κ1) is 23.5. The van der Waals surface area contributed by atoms with Crippen molar-refractivity contribution in [2.45, 2.75) is 25.3 Å². The number of nitrogens with one attached hydrogen (secondary N) is 3. The van der Waals surface area contributed by atoms with Gasteiger partial charge in [-0.15, -0.1) is 0 Å². The molecule has 0 radical (unpaired) electrons. The summed E-state index contributed by atoms with van der Waals surface area (Å²) in [7, 11) is 0. The van der Waals surface area contributed by atoms with E-state index in [2.05, 4.69) is 20.6 Å². The van der Waals surface area contributed by atoms with E-state index in [1.165, 1.54) is 0 Å². The number of fused-ring (bicyclic) bond motifs is 1. The third-order valence-corrected chi connectivity index (χ3v) is 6.18. The van der Waals surface area contributed by atoms with Gasteiger partial charge in [-0.3, -0.25) is 9.59 Å². The molecule has 2 heterocycles. The van der Waals surface area contributed by atoms with Crippen molar-refractivity contribution in [3.63, 3.8) is 0 Å². The highest BCUT2D eigenvalue weighted by molar-refractivity contribution is 6.30. The third kappa shape index (κ3) is 4.95. The molecule has 1 atom stereocenters. The molecule has 2 amide bonds. The number of hydrogen-bond donors (Lipinski definition) is 4. The number of rotatable bonds is 7. The van der Waals surface area contributed by atoms with Crippen molar-refractivity contribution in [3.05, 3.63) is 94.8 Å². The smallest absolute Gasteiger partial charge is 0.255 e. The maximum absolute atomic E-state index is 12.8. The molecule has 1 unspecified atom stereocenters. The molecule has 5 N–H and O–H groups in total. The van der Waals surface area contributed by atoms with Crippen LogP contribution >= 0.6 is 11.6 Å². The molecule has 0 aliphatic rings. The zero-order chi connectivity index (χ0) is 24.3. The molecule has 7 nitrogen and oxygen atoms in total. The van der Waals surface area contributed by atoms with Gasteiger partial charge in [-0.1, -0.05) is 35.9 Å². The SMILES string of the molecule is CC(C)(C(=O)NCC(N)c1ccc(C(=O)Nc2ccnc3[nH]ccc23)cc1)c1ccc(Cl)cc1. The van der Waals surface area contributed by atoms with Crippen molar-refractivity contribution in [2.24, 2.45) is 5.73 Å². The number of nitrogens with zero attached hydrogens (tertiary/aromatic N) is 1. The number of carbonyl (C=O) groups is 2. The van der Waals surface area contributed by atoms with E-state index >= 15 is 0 Å². The molecule has 2 aromatic carbocycles. The van der Waals surface area contributed by atoms with E-state index in [0.29, 0.717) is 21.9 Å². The van der Waals surface area contributed by atoms with E-state index < -0.39 is 11.5 Å². The molecular formula is C26H26ClN5O2. The van der Waals surface area contributed by atoms with Gasteiger partial charge in [0.1, 0.15) is 5.65 Å². The predicted octanol–water partition coefficient (Wildman–Crippen LogP) is 4.56. The standard InChI is InChI=1S/C26H26ClN5O2/c1-26(2,18-7-9-19(27)10-8-18)25(34)31-15-21(28)16-3-5-17(6-4-16)24(33)32-22-12-14-30-23-20(22)11-13-29-23/h3-14,21H,15,28H2,1-2H3,(H,31,34)(H2,29,30,32,33). The topological polar surface area (TPSA) is 113 Å². The fourth-order valence-corrected chi connectivity index (χ4v) is 3.81. The van der Waals surface area contributed by atoms with Crippen LogP contribution in [0.15, 0.2) is 73.1 Å². The molecule has 0 aliphatic heterocycles. The Balaban J connectivity index is 1.36. The summed E-state index contributed by atoms with van der Waals surface area (Å²) >= 11 is 5.96. The largest absolute Gasteiger partial charge is 0.353 e. The summed E-state index contributed by atoms with van der Waals surface area (Å²) in [5, 5.41) is 7.31. The molecule has 0 aliphatic carbocycles. The van der Waals surface area contributed by atoms with Crippen molar-refractivity contribution in [1.29, 1.82) is 0 Å². The molecular weight excluding hydrogens is 450 g/mol. The maximum Gasteiger partial charge on any atom is 0.255 e. The van der Waals surface area contributed by atoms with Crippen LogP contribution in [0.1, 0.15) is 41.4 Å². The van der Waals surface area contributed by atoms with Gasteiger partial charge in [0.25, 0.3) is 5.91 Å². The second-order valence-electron chi connectivity index (χ2n) is 8.62. The van der Waals surface area contributed by atoms with Gasteiger partial charge < -0.3 is 21.4 Å². The highest BCUT2D eigenvalue weighted by Gasteiger charge is 2.29. The van der Waals surface area contributed by atoms with Gasteiger partial charge in [0.2, 0.25) is 5.91 Å². The van der Waals surface area contributed by atoms with Crippen LogP contribution in [0.5, 0.6) is 0 Å². The number of carbonyl (C=O) groups excluding carboxylic acids is 2. The molecule has 0 saturated carbocycles.